The van der Waals surface area contributed by atoms with E-state index in [0.29, 0.717) is 11.6 Å². The van der Waals surface area contributed by atoms with Gasteiger partial charge in [-0.1, -0.05) is 74.5 Å². The lowest BCUT2D eigenvalue weighted by atomic mass is 9.97. The molecule has 0 aliphatic carbocycles. The molecule has 0 aliphatic rings. The maximum Gasteiger partial charge on any atom is 0.264 e. The van der Waals surface area contributed by atoms with E-state index in [0.717, 1.165) is 17.5 Å². The van der Waals surface area contributed by atoms with E-state index in [9.17, 15) is 13.2 Å². The van der Waals surface area contributed by atoms with E-state index in [-0.39, 0.29) is 23.4 Å². The van der Waals surface area contributed by atoms with Gasteiger partial charge in [0.2, 0.25) is 5.91 Å². The summed E-state index contributed by atoms with van der Waals surface area (Å²) < 4.78 is 28.1. The van der Waals surface area contributed by atoms with Gasteiger partial charge in [0, 0.05) is 0 Å². The third-order valence-electron chi connectivity index (χ3n) is 5.15. The van der Waals surface area contributed by atoms with Crippen molar-refractivity contribution in [3.05, 3.63) is 96.1 Å². The Hall–Kier alpha value is -3.12. The number of benzene rings is 3. The van der Waals surface area contributed by atoms with Crippen LogP contribution in [-0.2, 0) is 14.8 Å². The summed E-state index contributed by atoms with van der Waals surface area (Å²) in [4.78, 5) is 13.3. The second-order valence-corrected chi connectivity index (χ2v) is 10.2. The maximum atomic E-state index is 13.5. The number of nitrogens with one attached hydrogen (secondary N) is 1. The average Bonchev–Trinajstić information content (AvgIpc) is 2.78. The molecule has 32 heavy (non-hydrogen) atoms. The van der Waals surface area contributed by atoms with Crippen LogP contribution in [0.25, 0.3) is 0 Å². The second kappa shape index (κ2) is 10.5. The topological polar surface area (TPSA) is 66.5 Å². The van der Waals surface area contributed by atoms with Crippen molar-refractivity contribution in [1.82, 2.24) is 5.32 Å². The van der Waals surface area contributed by atoms with Gasteiger partial charge >= 0.3 is 0 Å². The Kier molecular flexibility index (Phi) is 7.70. The van der Waals surface area contributed by atoms with Crippen molar-refractivity contribution in [2.45, 2.75) is 38.1 Å². The number of nitrogens with zero attached hydrogens (tertiary/aromatic N) is 1. The summed E-state index contributed by atoms with van der Waals surface area (Å²) in [7, 11) is -3.92. The third kappa shape index (κ3) is 5.98. The van der Waals surface area contributed by atoms with Crippen LogP contribution in [0, 0.1) is 12.8 Å². The highest BCUT2D eigenvalue weighted by molar-refractivity contribution is 7.92. The molecule has 5 nitrogen and oxygen atoms in total. The molecule has 168 valence electrons. The highest BCUT2D eigenvalue weighted by Gasteiger charge is 2.28. The van der Waals surface area contributed by atoms with Crippen LogP contribution in [-0.4, -0.2) is 20.9 Å². The minimum atomic E-state index is -3.92. The molecule has 1 amide bonds. The molecule has 1 N–H and O–H groups in total. The summed E-state index contributed by atoms with van der Waals surface area (Å²) >= 11 is 0. The van der Waals surface area contributed by atoms with Crippen molar-refractivity contribution < 1.29 is 13.2 Å². The van der Waals surface area contributed by atoms with E-state index in [1.807, 2.05) is 43.3 Å². The Balaban J connectivity index is 1.91. The standard InChI is InChI=1S/C26H30N2O3S/c1-20(2)17-25(22-12-6-4-7-13-22)27-26(29)19-28(23-14-10-11-21(3)18-23)32(30,31)24-15-8-5-9-16-24/h4-16,18,20,25H,17,19H2,1-3H3,(H,27,29)/t25-/m1/s1. The van der Waals surface area contributed by atoms with E-state index in [1.54, 1.807) is 48.5 Å². The number of anilines is 1. The molecule has 0 aliphatic heterocycles. The largest absolute Gasteiger partial charge is 0.348 e. The quantitative estimate of drug-likeness (QED) is 0.494. The van der Waals surface area contributed by atoms with E-state index < -0.39 is 10.0 Å². The number of aryl methyl sites for hydroxylation is 1. The van der Waals surface area contributed by atoms with Gasteiger partial charge < -0.3 is 5.32 Å². The van der Waals surface area contributed by atoms with Crippen molar-refractivity contribution >= 4 is 21.6 Å². The van der Waals surface area contributed by atoms with Crippen molar-refractivity contribution in [1.29, 1.82) is 0 Å². The number of sulfonamides is 1. The fraction of sp³-hybridized carbons (Fsp3) is 0.269. The Morgan fingerprint density at radius 3 is 2.12 bits per heavy atom. The molecule has 3 aromatic carbocycles. The van der Waals surface area contributed by atoms with E-state index in [1.165, 1.54) is 4.31 Å². The molecule has 0 bridgehead atoms. The maximum absolute atomic E-state index is 13.5. The van der Waals surface area contributed by atoms with Crippen LogP contribution in [0.15, 0.2) is 89.8 Å². The van der Waals surface area contributed by atoms with E-state index in [4.69, 9.17) is 0 Å². The predicted molar refractivity (Wildman–Crippen MR) is 129 cm³/mol. The van der Waals surface area contributed by atoms with Crippen molar-refractivity contribution in [3.8, 4) is 0 Å². The summed E-state index contributed by atoms with van der Waals surface area (Å²) in [5.74, 6) is 0.0157. The molecular weight excluding hydrogens is 420 g/mol. The van der Waals surface area contributed by atoms with Crippen LogP contribution < -0.4 is 9.62 Å². The molecule has 0 aromatic heterocycles. The van der Waals surface area contributed by atoms with Crippen molar-refractivity contribution in [2.75, 3.05) is 10.8 Å². The zero-order valence-corrected chi connectivity index (χ0v) is 19.5. The Labute approximate surface area is 191 Å². The van der Waals surface area contributed by atoms with Crippen LogP contribution in [0.2, 0.25) is 0 Å². The minimum Gasteiger partial charge on any atom is -0.348 e. The predicted octanol–water partition coefficient (Wildman–Crippen LogP) is 5.09. The summed E-state index contributed by atoms with van der Waals surface area (Å²) in [6.45, 7) is 5.79. The molecule has 0 radical (unpaired) electrons. The molecule has 3 aromatic rings. The smallest absolute Gasteiger partial charge is 0.264 e. The van der Waals surface area contributed by atoms with Gasteiger partial charge in [0.25, 0.3) is 10.0 Å². The fourth-order valence-electron chi connectivity index (χ4n) is 3.62. The zero-order chi connectivity index (χ0) is 23.1. The van der Waals surface area contributed by atoms with Gasteiger partial charge in [-0.2, -0.15) is 0 Å². The van der Waals surface area contributed by atoms with E-state index in [2.05, 4.69) is 19.2 Å². The SMILES string of the molecule is Cc1cccc(N(CC(=O)N[C@H](CC(C)C)c2ccccc2)S(=O)(=O)c2ccccc2)c1. The number of carbonyl (C=O) groups is 1. The number of amides is 1. The first-order valence-corrected chi connectivity index (χ1v) is 12.2. The third-order valence-corrected chi connectivity index (χ3v) is 6.94. The van der Waals surface area contributed by atoms with Gasteiger partial charge in [-0.05, 0) is 54.7 Å². The molecule has 0 unspecified atom stereocenters. The van der Waals surface area contributed by atoms with E-state index >= 15 is 0 Å². The normalized spacial score (nSPS) is 12.4. The minimum absolute atomic E-state index is 0.149. The zero-order valence-electron chi connectivity index (χ0n) is 18.7. The van der Waals surface area contributed by atoms with Gasteiger partial charge in [-0.3, -0.25) is 9.10 Å². The molecule has 0 saturated carbocycles. The first kappa shape index (κ1) is 23.5. The van der Waals surface area contributed by atoms with Gasteiger partial charge in [-0.25, -0.2) is 8.42 Å². The molecule has 0 heterocycles. The highest BCUT2D eigenvalue weighted by atomic mass is 32.2. The number of carbonyl (C=O) groups excluding carboxylic acids is 1. The summed E-state index contributed by atoms with van der Waals surface area (Å²) in [5, 5.41) is 3.06. The van der Waals surface area contributed by atoms with Gasteiger partial charge in [0.15, 0.2) is 0 Å². The van der Waals surface area contributed by atoms with Crippen LogP contribution >= 0.6 is 0 Å². The second-order valence-electron chi connectivity index (χ2n) is 8.32. The van der Waals surface area contributed by atoms with Gasteiger partial charge in [0.1, 0.15) is 6.54 Å². The van der Waals surface area contributed by atoms with Crippen molar-refractivity contribution in [3.63, 3.8) is 0 Å². The fourth-order valence-corrected chi connectivity index (χ4v) is 5.06. The van der Waals surface area contributed by atoms with Crippen molar-refractivity contribution in [2.24, 2.45) is 5.92 Å². The average molecular weight is 451 g/mol. The van der Waals surface area contributed by atoms with Gasteiger partial charge in [-0.15, -0.1) is 0 Å². The molecule has 0 saturated heterocycles. The Morgan fingerprint density at radius 2 is 1.53 bits per heavy atom. The molecule has 6 heteroatoms. The number of hydrogen-bond donors (Lipinski definition) is 1. The highest BCUT2D eigenvalue weighted by Crippen LogP contribution is 2.25. The van der Waals surface area contributed by atoms with Gasteiger partial charge in [0.05, 0.1) is 16.6 Å². The first-order chi connectivity index (χ1) is 15.3. The Bertz CT molecular complexity index is 1130. The lowest BCUT2D eigenvalue weighted by Gasteiger charge is -2.27. The first-order valence-electron chi connectivity index (χ1n) is 10.8. The molecule has 0 spiro atoms. The molecule has 1 atom stereocenters. The molecule has 3 rings (SSSR count). The van der Waals surface area contributed by atoms with Crippen LogP contribution in [0.1, 0.15) is 37.4 Å². The van der Waals surface area contributed by atoms with Crippen LogP contribution in [0.3, 0.4) is 0 Å². The summed E-state index contributed by atoms with van der Waals surface area (Å²) in [5.41, 5.74) is 2.38. The lowest BCUT2D eigenvalue weighted by Crippen LogP contribution is -2.42. The Morgan fingerprint density at radius 1 is 0.906 bits per heavy atom. The summed E-state index contributed by atoms with van der Waals surface area (Å²) in [6.07, 6.45) is 0.756. The lowest BCUT2D eigenvalue weighted by molar-refractivity contribution is -0.120. The molecule has 0 fully saturated rings. The monoisotopic (exact) mass is 450 g/mol. The van der Waals surface area contributed by atoms with Crippen LogP contribution in [0.5, 0.6) is 0 Å². The number of hydrogen-bond acceptors (Lipinski definition) is 3. The molecular formula is C26H30N2O3S. The summed E-state index contributed by atoms with van der Waals surface area (Å²) in [6, 6.07) is 25.0. The number of rotatable bonds is 9. The van der Waals surface area contributed by atoms with Crippen LogP contribution in [0.4, 0.5) is 5.69 Å².